The molecule has 24 heavy (non-hydrogen) atoms. The quantitative estimate of drug-likeness (QED) is 0.530. The minimum atomic E-state index is -4.30. The third kappa shape index (κ3) is 4.03. The summed E-state index contributed by atoms with van der Waals surface area (Å²) in [6.07, 6.45) is 0. The van der Waals surface area contributed by atoms with Crippen LogP contribution >= 0.6 is 0 Å². The van der Waals surface area contributed by atoms with E-state index in [1.807, 2.05) is 6.07 Å². The second-order valence-electron chi connectivity index (χ2n) is 4.98. The zero-order valence-electron chi connectivity index (χ0n) is 13.9. The van der Waals surface area contributed by atoms with Crippen LogP contribution < -0.4 is 34.9 Å². The predicted molar refractivity (Wildman–Crippen MR) is 89.3 cm³/mol. The molecule has 0 saturated carbocycles. The van der Waals surface area contributed by atoms with Gasteiger partial charge in [-0.1, -0.05) is 36.4 Å². The Morgan fingerprint density at radius 1 is 0.958 bits per heavy atom. The fourth-order valence-corrected chi connectivity index (χ4v) is 2.81. The molecule has 0 atom stereocenters. The van der Waals surface area contributed by atoms with Crippen molar-refractivity contribution in [2.45, 2.75) is 4.90 Å². The average Bonchev–Trinajstić information content (AvgIpc) is 2.54. The molecule has 0 spiro atoms. The molecule has 0 aromatic heterocycles. The van der Waals surface area contributed by atoms with Crippen LogP contribution in [0.15, 0.2) is 71.6 Å². The molecule has 3 aromatic rings. The maximum absolute atomic E-state index is 12.3. The van der Waals surface area contributed by atoms with Crippen molar-refractivity contribution < 1.29 is 48.7 Å². The van der Waals surface area contributed by atoms with Gasteiger partial charge in [0.1, 0.15) is 0 Å². The molecule has 3 aromatic carbocycles. The molecule has 3 rings (SSSR count). The van der Waals surface area contributed by atoms with Gasteiger partial charge in [0.2, 0.25) is 0 Å². The predicted octanol–water partition coefficient (Wildman–Crippen LogP) is 0.455. The molecule has 118 valence electrons. The largest absolute Gasteiger partial charge is 1.00 e. The first-order chi connectivity index (χ1) is 10.9. The van der Waals surface area contributed by atoms with E-state index in [9.17, 15) is 17.8 Å². The number of benzene rings is 3. The van der Waals surface area contributed by atoms with Crippen LogP contribution in [0, 0.1) is 0 Å². The van der Waals surface area contributed by atoms with E-state index in [1.165, 1.54) is 12.1 Å². The molecule has 0 radical (unpaired) electrons. The molecule has 7 heteroatoms. The molecule has 1 amide bonds. The molecular formula is C17H14NNaO4S. The fourth-order valence-electron chi connectivity index (χ4n) is 2.31. The fraction of sp³-hybridized carbons (Fsp3) is 0. The van der Waals surface area contributed by atoms with E-state index < -0.39 is 10.1 Å². The summed E-state index contributed by atoms with van der Waals surface area (Å²) in [5.41, 5.74) is 0.970. The average molecular weight is 351 g/mol. The third-order valence-corrected chi connectivity index (χ3v) is 4.29. The molecule has 0 aliphatic carbocycles. The summed E-state index contributed by atoms with van der Waals surface area (Å²) in [5.74, 6) is -0.296. The molecule has 0 aliphatic heterocycles. The number of anilines is 1. The molecule has 0 aliphatic rings. The second kappa shape index (κ2) is 7.46. The zero-order valence-corrected chi connectivity index (χ0v) is 15.7. The maximum Gasteiger partial charge on any atom is 1.00 e. The van der Waals surface area contributed by atoms with Gasteiger partial charge in [0.15, 0.2) is 0 Å². The first-order valence-corrected chi connectivity index (χ1v) is 8.26. The van der Waals surface area contributed by atoms with Crippen LogP contribution in [0.3, 0.4) is 0 Å². The van der Waals surface area contributed by atoms with Crippen LogP contribution in [-0.2, 0) is 10.1 Å². The standard InChI is InChI=1S/C17H13NO4S.Na.H/c19-17(13-5-2-1-3-6-13)18-16-8-4-7-12-9-10-14(11-15(12)16)23(20,21)22;;/h1-11H,(H,18,19)(H,20,21,22);;/q;+1;-1. The van der Waals surface area contributed by atoms with Gasteiger partial charge in [0.25, 0.3) is 16.0 Å². The normalized spacial score (nSPS) is 10.9. The van der Waals surface area contributed by atoms with Gasteiger partial charge >= 0.3 is 29.6 Å². The Balaban J connectivity index is 0.00000156. The van der Waals surface area contributed by atoms with Crippen molar-refractivity contribution in [1.29, 1.82) is 0 Å². The number of rotatable bonds is 3. The first-order valence-electron chi connectivity index (χ1n) is 6.82. The summed E-state index contributed by atoms with van der Waals surface area (Å²) in [5, 5.41) is 4.05. The maximum atomic E-state index is 12.3. The Morgan fingerprint density at radius 2 is 1.67 bits per heavy atom. The summed E-state index contributed by atoms with van der Waals surface area (Å²) in [4.78, 5) is 12.0. The Morgan fingerprint density at radius 3 is 2.33 bits per heavy atom. The van der Waals surface area contributed by atoms with Gasteiger partial charge in [-0.05, 0) is 35.7 Å². The SMILES string of the molecule is O=C(Nc1cccc2ccc(S(=O)(=O)O)cc12)c1ccccc1.[H-].[Na+]. The monoisotopic (exact) mass is 351 g/mol. The number of nitrogens with one attached hydrogen (secondary N) is 1. The number of hydrogen-bond acceptors (Lipinski definition) is 3. The molecule has 5 nitrogen and oxygen atoms in total. The van der Waals surface area contributed by atoms with Crippen molar-refractivity contribution in [2.75, 3.05) is 5.32 Å². The summed E-state index contributed by atoms with van der Waals surface area (Å²) < 4.78 is 31.8. The Labute approximate surface area is 163 Å². The molecule has 2 N–H and O–H groups in total. The van der Waals surface area contributed by atoms with Gasteiger partial charge in [-0.25, -0.2) is 0 Å². The van der Waals surface area contributed by atoms with Gasteiger partial charge < -0.3 is 6.74 Å². The van der Waals surface area contributed by atoms with E-state index in [-0.39, 0.29) is 41.8 Å². The molecular weight excluding hydrogens is 337 g/mol. The van der Waals surface area contributed by atoms with E-state index in [0.29, 0.717) is 16.6 Å². The van der Waals surface area contributed by atoms with Crippen molar-refractivity contribution in [3.63, 3.8) is 0 Å². The molecule has 0 fully saturated rings. The second-order valence-corrected chi connectivity index (χ2v) is 6.41. The van der Waals surface area contributed by atoms with Crippen LogP contribution in [0.25, 0.3) is 10.8 Å². The van der Waals surface area contributed by atoms with Crippen molar-refractivity contribution in [3.05, 3.63) is 72.3 Å². The number of hydrogen-bond donors (Lipinski definition) is 2. The minimum absolute atomic E-state index is 0. The molecule has 0 saturated heterocycles. The van der Waals surface area contributed by atoms with Crippen LogP contribution in [0.5, 0.6) is 0 Å². The summed E-state index contributed by atoms with van der Waals surface area (Å²) >= 11 is 0. The van der Waals surface area contributed by atoms with E-state index in [2.05, 4.69) is 5.32 Å². The van der Waals surface area contributed by atoms with E-state index >= 15 is 0 Å². The van der Waals surface area contributed by atoms with Crippen molar-refractivity contribution >= 4 is 32.5 Å². The Kier molecular flexibility index (Phi) is 5.79. The van der Waals surface area contributed by atoms with E-state index in [0.717, 1.165) is 5.39 Å². The molecule has 0 heterocycles. The van der Waals surface area contributed by atoms with Gasteiger partial charge in [0, 0.05) is 16.6 Å². The van der Waals surface area contributed by atoms with Gasteiger partial charge in [0.05, 0.1) is 4.90 Å². The van der Waals surface area contributed by atoms with Crippen molar-refractivity contribution in [1.82, 2.24) is 0 Å². The summed E-state index contributed by atoms with van der Waals surface area (Å²) in [6, 6.07) is 18.2. The summed E-state index contributed by atoms with van der Waals surface area (Å²) in [7, 11) is -4.30. The van der Waals surface area contributed by atoms with Gasteiger partial charge in [-0.15, -0.1) is 0 Å². The van der Waals surface area contributed by atoms with Crippen LogP contribution in [-0.4, -0.2) is 18.9 Å². The topological polar surface area (TPSA) is 83.5 Å². The number of fused-ring (bicyclic) bond motifs is 1. The van der Waals surface area contributed by atoms with Crippen molar-refractivity contribution in [2.24, 2.45) is 0 Å². The Hall–Kier alpha value is -1.70. The number of carbonyl (C=O) groups is 1. The Bertz CT molecular complexity index is 994. The zero-order chi connectivity index (χ0) is 16.4. The molecule has 0 bridgehead atoms. The van der Waals surface area contributed by atoms with Crippen molar-refractivity contribution in [3.8, 4) is 0 Å². The van der Waals surface area contributed by atoms with Crippen LogP contribution in [0.4, 0.5) is 5.69 Å². The third-order valence-electron chi connectivity index (χ3n) is 3.44. The van der Waals surface area contributed by atoms with Gasteiger partial charge in [-0.3, -0.25) is 9.35 Å². The minimum Gasteiger partial charge on any atom is -1.00 e. The molecule has 0 unspecified atom stereocenters. The first kappa shape index (κ1) is 18.6. The number of carbonyl (C=O) groups excluding carboxylic acids is 1. The van der Waals surface area contributed by atoms with Crippen LogP contribution in [0.2, 0.25) is 0 Å². The smallest absolute Gasteiger partial charge is 1.00 e. The van der Waals surface area contributed by atoms with Gasteiger partial charge in [-0.2, -0.15) is 8.42 Å². The number of amides is 1. The summed E-state index contributed by atoms with van der Waals surface area (Å²) in [6.45, 7) is 0. The van der Waals surface area contributed by atoms with E-state index in [1.54, 1.807) is 48.5 Å². The van der Waals surface area contributed by atoms with Crippen LogP contribution in [0.1, 0.15) is 11.8 Å². The van der Waals surface area contributed by atoms with E-state index in [4.69, 9.17) is 0 Å².